The van der Waals surface area contributed by atoms with Gasteiger partial charge < -0.3 is 14.6 Å². The number of anilines is 2. The van der Waals surface area contributed by atoms with E-state index < -0.39 is 0 Å². The van der Waals surface area contributed by atoms with Gasteiger partial charge in [0, 0.05) is 81.7 Å². The van der Waals surface area contributed by atoms with Crippen molar-refractivity contribution >= 4 is 94.2 Å². The lowest BCUT2D eigenvalue weighted by molar-refractivity contribution is 0.331. The van der Waals surface area contributed by atoms with Gasteiger partial charge in [0.1, 0.15) is 11.5 Å². The molecule has 2 aliphatic heterocycles. The lowest BCUT2D eigenvalue weighted by Crippen LogP contribution is -2.37. The minimum atomic E-state index is -0.201. The Morgan fingerprint density at radius 1 is 0.611 bits per heavy atom. The van der Waals surface area contributed by atoms with E-state index in [-0.39, 0.29) is 21.7 Å². The van der Waals surface area contributed by atoms with Crippen LogP contribution in [0.5, 0.6) is 5.75 Å². The molecule has 0 saturated heterocycles. The van der Waals surface area contributed by atoms with Gasteiger partial charge in [-0.3, -0.25) is 0 Å². The highest BCUT2D eigenvalue weighted by Crippen LogP contribution is 2.56. The van der Waals surface area contributed by atoms with Crippen molar-refractivity contribution in [2.75, 3.05) is 5.32 Å². The molecule has 0 saturated carbocycles. The second-order valence-corrected chi connectivity index (χ2v) is 25.1. The molecule has 0 fully saturated rings. The van der Waals surface area contributed by atoms with Crippen molar-refractivity contribution in [3.63, 3.8) is 0 Å². The number of rotatable bonds is 4. The van der Waals surface area contributed by atoms with Crippen LogP contribution in [-0.2, 0) is 21.7 Å². The molecule has 8 aromatic carbocycles. The largest absolute Gasteiger partial charge is 0.456 e. The van der Waals surface area contributed by atoms with Crippen molar-refractivity contribution in [2.45, 2.75) is 96.8 Å². The molecule has 4 aliphatic rings. The Kier molecular flexibility index (Phi) is 8.96. The van der Waals surface area contributed by atoms with Gasteiger partial charge in [-0.2, -0.15) is 0 Å². The number of thiophene rings is 1. The number of ether oxygens (including phenoxy) is 1. The van der Waals surface area contributed by atoms with Crippen LogP contribution < -0.4 is 21.0 Å². The number of benzene rings is 8. The zero-order valence-electron chi connectivity index (χ0n) is 42.8. The van der Waals surface area contributed by atoms with E-state index in [1.165, 1.54) is 110 Å². The van der Waals surface area contributed by atoms with Crippen LogP contribution in [0, 0.1) is 0 Å². The molecule has 0 amide bonds. The van der Waals surface area contributed by atoms with Crippen molar-refractivity contribution in [2.24, 2.45) is 0 Å². The Balaban J connectivity index is 1.03. The number of hydrogen-bond acceptors (Lipinski definition) is 3. The number of fused-ring (bicyclic) bond motifs is 13. The molecule has 1 radical (unpaired) electrons. The van der Waals surface area contributed by atoms with E-state index in [1.807, 2.05) is 17.4 Å². The maximum Gasteiger partial charge on any atom is 0.197 e. The second-order valence-electron chi connectivity index (χ2n) is 24.0. The third-order valence-corrected chi connectivity index (χ3v) is 18.3. The van der Waals surface area contributed by atoms with E-state index in [2.05, 4.69) is 226 Å². The van der Waals surface area contributed by atoms with Gasteiger partial charge in [0.15, 0.2) is 7.28 Å². The maximum absolute atomic E-state index is 6.84. The number of hydrogen-bond donors (Lipinski definition) is 1. The topological polar surface area (TPSA) is 26.2 Å². The number of nitrogens with zero attached hydrogens (tertiary/aromatic N) is 1. The van der Waals surface area contributed by atoms with Crippen molar-refractivity contribution in [3.8, 4) is 33.7 Å². The molecule has 351 valence electrons. The summed E-state index contributed by atoms with van der Waals surface area (Å²) in [5, 5.41) is 9.15. The summed E-state index contributed by atoms with van der Waals surface area (Å²) in [5.41, 5.74) is 23.3. The maximum atomic E-state index is 6.84. The van der Waals surface area contributed by atoms with Crippen LogP contribution in [-0.4, -0.2) is 11.8 Å². The second kappa shape index (κ2) is 14.8. The third-order valence-electron chi connectivity index (χ3n) is 17.2. The fraction of sp³-hybridized carbons (Fsp3) is 0.224. The Labute approximate surface area is 428 Å². The van der Waals surface area contributed by atoms with Crippen molar-refractivity contribution < 1.29 is 4.74 Å². The third kappa shape index (κ3) is 6.29. The predicted octanol–water partition coefficient (Wildman–Crippen LogP) is 16.9. The van der Waals surface area contributed by atoms with E-state index in [9.17, 15) is 0 Å². The minimum Gasteiger partial charge on any atom is -0.456 e. The summed E-state index contributed by atoms with van der Waals surface area (Å²) in [6.45, 7) is 26.2. The van der Waals surface area contributed by atoms with Crippen LogP contribution in [0.4, 0.5) is 11.4 Å². The van der Waals surface area contributed by atoms with E-state index in [0.717, 1.165) is 50.7 Å². The van der Waals surface area contributed by atoms with Crippen LogP contribution in [0.2, 0.25) is 0 Å². The van der Waals surface area contributed by atoms with Gasteiger partial charge in [-0.25, -0.2) is 0 Å². The average Bonchev–Trinajstić information content (AvgIpc) is 3.96. The summed E-state index contributed by atoms with van der Waals surface area (Å²) >= 11 is 1.88. The fourth-order valence-electron chi connectivity index (χ4n) is 12.9. The number of aromatic nitrogens is 1. The number of nitrogens with one attached hydrogen (secondary N) is 1. The fourth-order valence-corrected chi connectivity index (χ4v) is 14.0. The average molecular weight is 950 g/mol. The SMILES string of the molecule is C=C1C=C(c2ccccc2)Oc2cc3c(cc21)[B]c1c(-c2cc4c(cc2Nc2ccc(C(C)(C)C)cc2)C(C)(C)c2cc5c(cc2-4)C(C)(C)CCC5(C)C)ccc2c4cc5c(cc4n-3c12)sc1ccccc15. The smallest absolute Gasteiger partial charge is 0.197 e. The molecule has 0 atom stereocenters. The summed E-state index contributed by atoms with van der Waals surface area (Å²) in [6.07, 6.45) is 4.46. The quantitative estimate of drug-likeness (QED) is 0.178. The normalized spacial score (nSPS) is 16.7. The Bertz CT molecular complexity index is 4080. The molecule has 3 nitrogen and oxygen atoms in total. The van der Waals surface area contributed by atoms with Gasteiger partial charge in [-0.05, 0) is 139 Å². The van der Waals surface area contributed by atoms with Gasteiger partial charge in [0.2, 0.25) is 0 Å². The number of allylic oxidation sites excluding steroid dienone is 2. The first-order valence-electron chi connectivity index (χ1n) is 25.8. The summed E-state index contributed by atoms with van der Waals surface area (Å²) in [5.74, 6) is 1.64. The van der Waals surface area contributed by atoms with Crippen LogP contribution in [0.25, 0.3) is 81.3 Å². The Morgan fingerprint density at radius 3 is 2.08 bits per heavy atom. The molecule has 1 N–H and O–H groups in total. The van der Waals surface area contributed by atoms with Gasteiger partial charge >= 0.3 is 0 Å². The molecule has 10 aromatic rings. The van der Waals surface area contributed by atoms with Gasteiger partial charge in [0.25, 0.3) is 0 Å². The first kappa shape index (κ1) is 43.7. The summed E-state index contributed by atoms with van der Waals surface area (Å²) in [4.78, 5) is 0. The molecule has 2 aromatic heterocycles. The van der Waals surface area contributed by atoms with E-state index >= 15 is 0 Å². The van der Waals surface area contributed by atoms with Gasteiger partial charge in [0.05, 0.1) is 5.52 Å². The van der Waals surface area contributed by atoms with Crippen LogP contribution in [0.1, 0.15) is 114 Å². The van der Waals surface area contributed by atoms with Gasteiger partial charge in [-0.1, -0.05) is 159 Å². The Morgan fingerprint density at radius 2 is 1.32 bits per heavy atom. The van der Waals surface area contributed by atoms with Crippen LogP contribution in [0.3, 0.4) is 0 Å². The molecular weight excluding hydrogens is 892 g/mol. The lowest BCUT2D eigenvalue weighted by Gasteiger charge is -2.42. The summed E-state index contributed by atoms with van der Waals surface area (Å²) in [7, 11) is 2.45. The minimum absolute atomic E-state index is 0.0540. The molecule has 0 unspecified atom stereocenters. The first-order valence-corrected chi connectivity index (χ1v) is 26.6. The van der Waals surface area contributed by atoms with Crippen molar-refractivity contribution in [1.29, 1.82) is 0 Å². The van der Waals surface area contributed by atoms with Crippen molar-refractivity contribution in [3.05, 3.63) is 191 Å². The van der Waals surface area contributed by atoms with E-state index in [1.54, 1.807) is 0 Å². The zero-order chi connectivity index (χ0) is 49.4. The van der Waals surface area contributed by atoms with E-state index in [0.29, 0.717) is 0 Å². The molecular formula is C67H58BN2OS. The highest BCUT2D eigenvalue weighted by Gasteiger charge is 2.43. The highest BCUT2D eigenvalue weighted by atomic mass is 32.1. The summed E-state index contributed by atoms with van der Waals surface area (Å²) in [6, 6.07) is 52.8. The Hall–Kier alpha value is -7.08. The molecule has 5 heteroatoms. The van der Waals surface area contributed by atoms with Crippen molar-refractivity contribution in [1.82, 2.24) is 4.57 Å². The van der Waals surface area contributed by atoms with Gasteiger partial charge in [-0.15, -0.1) is 11.3 Å². The molecule has 72 heavy (non-hydrogen) atoms. The molecule has 2 aliphatic carbocycles. The summed E-state index contributed by atoms with van der Waals surface area (Å²) < 4.78 is 12.0. The zero-order valence-corrected chi connectivity index (χ0v) is 43.6. The molecule has 14 rings (SSSR count). The van der Waals surface area contributed by atoms with E-state index in [4.69, 9.17) is 4.74 Å². The van der Waals surface area contributed by atoms with Crippen LogP contribution >= 0.6 is 11.3 Å². The molecule has 0 bridgehead atoms. The monoisotopic (exact) mass is 949 g/mol. The molecule has 0 spiro atoms. The lowest BCUT2D eigenvalue weighted by atomic mass is 9.58. The standard InChI is InChI=1S/C67H58BN2OS/c1-37-28-58(38-16-12-11-13-17-38)71-59-35-57-54(32-44(37)59)68-62-42(24-25-43-48-30-49-41-18-14-15-19-60(41)72-61(49)36-56(48)70(57)63(43)62)47-29-45-46-31-52-53(66(7,8)27-26-65(52,5)6)33-50(46)67(9,10)51(45)34-55(47)69-40-22-20-39(21-23-40)64(2,3)4/h11-25,28-36,69H,1,26-27H2,2-10H3. The van der Waals surface area contributed by atoms with Crippen LogP contribution in [0.15, 0.2) is 152 Å². The first-order chi connectivity index (χ1) is 34.4. The predicted molar refractivity (Wildman–Crippen MR) is 309 cm³/mol. The highest BCUT2D eigenvalue weighted by molar-refractivity contribution is 7.25. The molecule has 4 heterocycles.